The topological polar surface area (TPSA) is 58.5 Å². The van der Waals surface area contributed by atoms with Crippen LogP contribution in [0.15, 0.2) is 29.3 Å². The molecule has 1 aliphatic rings. The van der Waals surface area contributed by atoms with Gasteiger partial charge in [-0.15, -0.1) is 0 Å². The molecule has 2 rings (SSSR count). The van der Waals surface area contributed by atoms with Crippen molar-refractivity contribution < 1.29 is 9.59 Å². The maximum Gasteiger partial charge on any atom is 0.257 e. The van der Waals surface area contributed by atoms with Gasteiger partial charge in [0.1, 0.15) is 12.3 Å². The zero-order valence-electron chi connectivity index (χ0n) is 8.28. The highest BCUT2D eigenvalue weighted by Gasteiger charge is 2.18. The lowest BCUT2D eigenvalue weighted by atomic mass is 10.1. The molecule has 0 saturated carbocycles. The van der Waals surface area contributed by atoms with E-state index in [0.717, 1.165) is 11.1 Å². The van der Waals surface area contributed by atoms with E-state index in [1.165, 1.54) is 0 Å². The van der Waals surface area contributed by atoms with E-state index in [0.29, 0.717) is 5.84 Å². The van der Waals surface area contributed by atoms with Crippen molar-refractivity contribution in [3.8, 4) is 0 Å². The molecule has 0 radical (unpaired) electrons. The molecule has 1 aromatic carbocycles. The third-order valence-electron chi connectivity index (χ3n) is 2.13. The monoisotopic (exact) mass is 202 g/mol. The lowest BCUT2D eigenvalue weighted by Crippen LogP contribution is -2.37. The first kappa shape index (κ1) is 9.58. The van der Waals surface area contributed by atoms with Crippen molar-refractivity contribution in [2.24, 2.45) is 4.99 Å². The number of nitrogens with zero attached hydrogens (tertiary/aromatic N) is 1. The van der Waals surface area contributed by atoms with Crippen LogP contribution in [0.5, 0.6) is 0 Å². The van der Waals surface area contributed by atoms with Crippen LogP contribution < -0.4 is 5.32 Å². The average Bonchev–Trinajstić information content (AvgIpc) is 2.17. The van der Waals surface area contributed by atoms with Crippen LogP contribution >= 0.6 is 0 Å². The van der Waals surface area contributed by atoms with Crippen molar-refractivity contribution >= 4 is 17.6 Å². The maximum absolute atomic E-state index is 11.1. The van der Waals surface area contributed by atoms with Crippen LogP contribution in [0.2, 0.25) is 0 Å². The minimum atomic E-state index is -0.394. The second kappa shape index (κ2) is 3.65. The van der Waals surface area contributed by atoms with Crippen molar-refractivity contribution in [3.63, 3.8) is 0 Å². The van der Waals surface area contributed by atoms with Crippen molar-refractivity contribution in [1.82, 2.24) is 5.32 Å². The summed E-state index contributed by atoms with van der Waals surface area (Å²) in [7, 11) is 0. The number of aryl methyl sites for hydroxylation is 1. The van der Waals surface area contributed by atoms with Gasteiger partial charge in [-0.25, -0.2) is 0 Å². The Kier molecular flexibility index (Phi) is 2.33. The molecule has 0 aliphatic carbocycles. The lowest BCUT2D eigenvalue weighted by molar-refractivity contribution is -0.127. The SMILES string of the molecule is Cc1ccc(C2=NC(=O)CC(=O)N2)cc1. The second-order valence-electron chi connectivity index (χ2n) is 3.45. The first-order valence-electron chi connectivity index (χ1n) is 4.63. The highest BCUT2D eigenvalue weighted by molar-refractivity contribution is 6.19. The predicted octanol–water partition coefficient (Wildman–Crippen LogP) is 0.788. The molecule has 1 heterocycles. The first-order chi connectivity index (χ1) is 7.15. The zero-order valence-corrected chi connectivity index (χ0v) is 8.28. The minimum Gasteiger partial charge on any atom is -0.310 e. The van der Waals surface area contributed by atoms with E-state index in [4.69, 9.17) is 0 Å². The van der Waals surface area contributed by atoms with Gasteiger partial charge in [0.2, 0.25) is 5.91 Å². The van der Waals surface area contributed by atoms with Crippen molar-refractivity contribution in [2.45, 2.75) is 13.3 Å². The Labute approximate surface area is 87.0 Å². The van der Waals surface area contributed by atoms with Crippen molar-refractivity contribution in [3.05, 3.63) is 35.4 Å². The number of rotatable bonds is 1. The van der Waals surface area contributed by atoms with E-state index in [2.05, 4.69) is 10.3 Å². The zero-order chi connectivity index (χ0) is 10.8. The van der Waals surface area contributed by atoms with E-state index in [1.807, 2.05) is 31.2 Å². The largest absolute Gasteiger partial charge is 0.310 e. The summed E-state index contributed by atoms with van der Waals surface area (Å²) in [5.74, 6) is -0.351. The minimum absolute atomic E-state index is 0.157. The Morgan fingerprint density at radius 1 is 1.20 bits per heavy atom. The Bertz CT molecular complexity index is 446. The molecule has 1 aliphatic heterocycles. The summed E-state index contributed by atoms with van der Waals surface area (Å²) in [6.45, 7) is 1.97. The molecule has 0 bridgehead atoms. The Morgan fingerprint density at radius 2 is 1.87 bits per heavy atom. The molecule has 1 aromatic rings. The standard InChI is InChI=1S/C11H10N2O2/c1-7-2-4-8(5-3-7)11-12-9(14)6-10(15)13-11/h2-5H,6H2,1H3,(H,12,13,14,15). The number of hydrogen-bond donors (Lipinski definition) is 1. The van der Waals surface area contributed by atoms with Gasteiger partial charge < -0.3 is 5.32 Å². The fourth-order valence-electron chi connectivity index (χ4n) is 1.35. The molecular weight excluding hydrogens is 192 g/mol. The number of benzene rings is 1. The Morgan fingerprint density at radius 3 is 2.47 bits per heavy atom. The first-order valence-corrected chi connectivity index (χ1v) is 4.63. The van der Waals surface area contributed by atoms with Crippen LogP contribution in [0.4, 0.5) is 0 Å². The molecule has 1 N–H and O–H groups in total. The highest BCUT2D eigenvalue weighted by Crippen LogP contribution is 2.06. The number of amidine groups is 1. The molecule has 0 saturated heterocycles. The summed E-state index contributed by atoms with van der Waals surface area (Å²) < 4.78 is 0. The van der Waals surface area contributed by atoms with Crippen LogP contribution in [0, 0.1) is 6.92 Å². The summed E-state index contributed by atoms with van der Waals surface area (Å²) in [5, 5.41) is 2.57. The van der Waals surface area contributed by atoms with Gasteiger partial charge in [-0.3, -0.25) is 9.59 Å². The molecule has 15 heavy (non-hydrogen) atoms. The van der Waals surface area contributed by atoms with E-state index in [1.54, 1.807) is 0 Å². The summed E-state index contributed by atoms with van der Waals surface area (Å²) >= 11 is 0. The predicted molar refractivity (Wildman–Crippen MR) is 55.5 cm³/mol. The van der Waals surface area contributed by atoms with Gasteiger partial charge in [0, 0.05) is 5.56 Å². The molecule has 0 unspecified atom stereocenters. The molecule has 0 fully saturated rings. The van der Waals surface area contributed by atoms with Crippen LogP contribution in [0.1, 0.15) is 17.5 Å². The molecule has 0 spiro atoms. The molecule has 0 atom stereocenters. The molecule has 4 nitrogen and oxygen atoms in total. The van der Waals surface area contributed by atoms with Crippen LogP contribution in [-0.2, 0) is 9.59 Å². The Hall–Kier alpha value is -1.97. The van der Waals surface area contributed by atoms with Gasteiger partial charge in [-0.1, -0.05) is 29.8 Å². The highest BCUT2D eigenvalue weighted by atomic mass is 16.2. The van der Waals surface area contributed by atoms with Gasteiger partial charge in [0.25, 0.3) is 5.91 Å². The van der Waals surface area contributed by atoms with E-state index in [9.17, 15) is 9.59 Å². The van der Waals surface area contributed by atoms with E-state index >= 15 is 0 Å². The second-order valence-corrected chi connectivity index (χ2v) is 3.45. The fraction of sp³-hybridized carbons (Fsp3) is 0.182. The van der Waals surface area contributed by atoms with Crippen LogP contribution in [-0.4, -0.2) is 17.6 Å². The number of carbonyl (C=O) groups excluding carboxylic acids is 2. The molecule has 4 heteroatoms. The quantitative estimate of drug-likeness (QED) is 0.684. The van der Waals surface area contributed by atoms with E-state index < -0.39 is 5.91 Å². The van der Waals surface area contributed by atoms with Crippen molar-refractivity contribution in [2.75, 3.05) is 0 Å². The lowest BCUT2D eigenvalue weighted by Gasteiger charge is -2.12. The van der Waals surface area contributed by atoms with Crippen LogP contribution in [0.3, 0.4) is 0 Å². The van der Waals surface area contributed by atoms with Crippen LogP contribution in [0.25, 0.3) is 0 Å². The van der Waals surface area contributed by atoms with E-state index in [-0.39, 0.29) is 12.3 Å². The number of nitrogens with one attached hydrogen (secondary N) is 1. The number of aliphatic imine (C=N–C) groups is 1. The number of hydrogen-bond acceptors (Lipinski definition) is 2. The maximum atomic E-state index is 11.1. The molecular formula is C11H10N2O2. The van der Waals surface area contributed by atoms with Gasteiger partial charge in [0.05, 0.1) is 0 Å². The third kappa shape index (κ3) is 2.10. The Balaban J connectivity index is 2.34. The van der Waals surface area contributed by atoms with Gasteiger partial charge >= 0.3 is 0 Å². The number of carbonyl (C=O) groups is 2. The smallest absolute Gasteiger partial charge is 0.257 e. The summed E-state index contributed by atoms with van der Waals surface area (Å²) in [4.78, 5) is 26.0. The summed E-state index contributed by atoms with van der Waals surface area (Å²) in [6.07, 6.45) is -0.157. The number of amides is 2. The molecule has 0 aromatic heterocycles. The van der Waals surface area contributed by atoms with Gasteiger partial charge in [-0.05, 0) is 6.92 Å². The van der Waals surface area contributed by atoms with Crippen molar-refractivity contribution in [1.29, 1.82) is 0 Å². The third-order valence-corrected chi connectivity index (χ3v) is 2.13. The fourth-order valence-corrected chi connectivity index (χ4v) is 1.35. The molecule has 76 valence electrons. The summed E-state index contributed by atoms with van der Waals surface area (Å²) in [5.41, 5.74) is 1.87. The molecule has 2 amide bonds. The normalized spacial score (nSPS) is 15.9. The average molecular weight is 202 g/mol. The summed E-state index contributed by atoms with van der Waals surface area (Å²) in [6, 6.07) is 7.46. The van der Waals surface area contributed by atoms with Gasteiger partial charge in [-0.2, -0.15) is 4.99 Å². The van der Waals surface area contributed by atoms with Gasteiger partial charge in [0.15, 0.2) is 0 Å².